The van der Waals surface area contributed by atoms with Gasteiger partial charge in [-0.1, -0.05) is 47.5 Å². The Kier molecular flexibility index (Phi) is 6.08. The molecule has 142 valence electrons. The second-order valence-corrected chi connectivity index (χ2v) is 7.60. The van der Waals surface area contributed by atoms with E-state index >= 15 is 0 Å². The van der Waals surface area contributed by atoms with Crippen LogP contribution in [0.15, 0.2) is 36.4 Å². The topological polar surface area (TPSA) is 49.4 Å². The maximum atomic E-state index is 12.9. The highest BCUT2D eigenvalue weighted by molar-refractivity contribution is 6.36. The third-order valence-corrected chi connectivity index (χ3v) is 5.78. The van der Waals surface area contributed by atoms with E-state index in [2.05, 4.69) is 11.4 Å². The van der Waals surface area contributed by atoms with Crippen molar-refractivity contribution in [2.75, 3.05) is 6.54 Å². The average Bonchev–Trinajstić information content (AvgIpc) is 2.63. The van der Waals surface area contributed by atoms with Crippen molar-refractivity contribution in [3.05, 3.63) is 68.7 Å². The second kappa shape index (κ2) is 8.32. The molecule has 1 N–H and O–H groups in total. The van der Waals surface area contributed by atoms with Crippen LogP contribution in [0.4, 0.5) is 0 Å². The quantitative estimate of drug-likeness (QED) is 0.824. The molecule has 1 atom stereocenters. The lowest BCUT2D eigenvalue weighted by atomic mass is 9.89. The van der Waals surface area contributed by atoms with Crippen molar-refractivity contribution in [2.24, 2.45) is 0 Å². The smallest absolute Gasteiger partial charge is 0.227 e. The SMILES string of the molecule is CC(=O)NCc1cccc2c1CCN(C(=O)Cc1c(Cl)cccc1Cl)C2C. The van der Waals surface area contributed by atoms with Gasteiger partial charge in [-0.2, -0.15) is 0 Å². The van der Waals surface area contributed by atoms with Crippen LogP contribution in [-0.2, 0) is 29.0 Å². The van der Waals surface area contributed by atoms with Gasteiger partial charge >= 0.3 is 0 Å². The molecule has 0 bridgehead atoms. The summed E-state index contributed by atoms with van der Waals surface area (Å²) < 4.78 is 0. The van der Waals surface area contributed by atoms with Gasteiger partial charge in [0.15, 0.2) is 0 Å². The third kappa shape index (κ3) is 4.28. The van der Waals surface area contributed by atoms with E-state index in [1.54, 1.807) is 18.2 Å². The molecule has 0 saturated carbocycles. The summed E-state index contributed by atoms with van der Waals surface area (Å²) in [5.74, 6) is -0.0414. The highest BCUT2D eigenvalue weighted by Gasteiger charge is 2.29. The summed E-state index contributed by atoms with van der Waals surface area (Å²) >= 11 is 12.4. The molecule has 2 aromatic rings. The van der Waals surface area contributed by atoms with E-state index in [0.717, 1.165) is 17.5 Å². The van der Waals surface area contributed by atoms with Gasteiger partial charge in [0, 0.05) is 30.1 Å². The Bertz CT molecular complexity index is 862. The van der Waals surface area contributed by atoms with Gasteiger partial charge in [-0.05, 0) is 47.7 Å². The normalized spacial score (nSPS) is 16.0. The molecule has 2 aromatic carbocycles. The van der Waals surface area contributed by atoms with Crippen molar-refractivity contribution in [3.8, 4) is 0 Å². The minimum absolute atomic E-state index is 0.00964. The van der Waals surface area contributed by atoms with Crippen molar-refractivity contribution in [2.45, 2.75) is 39.3 Å². The first-order chi connectivity index (χ1) is 12.9. The van der Waals surface area contributed by atoms with E-state index in [1.165, 1.54) is 12.5 Å². The number of hydrogen-bond donors (Lipinski definition) is 1. The fraction of sp³-hybridized carbons (Fsp3) is 0.333. The molecule has 0 spiro atoms. The number of hydrogen-bond acceptors (Lipinski definition) is 2. The highest BCUT2D eigenvalue weighted by atomic mass is 35.5. The Morgan fingerprint density at radius 2 is 1.81 bits per heavy atom. The molecular weight excluding hydrogens is 383 g/mol. The molecule has 3 rings (SSSR count). The average molecular weight is 405 g/mol. The van der Waals surface area contributed by atoms with Crippen LogP contribution < -0.4 is 5.32 Å². The Hall–Kier alpha value is -2.04. The summed E-state index contributed by atoms with van der Waals surface area (Å²) in [6, 6.07) is 11.3. The zero-order valence-corrected chi connectivity index (χ0v) is 16.9. The van der Waals surface area contributed by atoms with E-state index in [9.17, 15) is 9.59 Å². The van der Waals surface area contributed by atoms with Gasteiger partial charge in [-0.25, -0.2) is 0 Å². The van der Waals surface area contributed by atoms with E-state index in [1.807, 2.05) is 24.0 Å². The molecule has 1 heterocycles. The Morgan fingerprint density at radius 3 is 2.48 bits per heavy atom. The largest absolute Gasteiger partial charge is 0.352 e. The van der Waals surface area contributed by atoms with Crippen molar-refractivity contribution in [1.82, 2.24) is 10.2 Å². The number of fused-ring (bicyclic) bond motifs is 1. The number of halogens is 2. The minimum Gasteiger partial charge on any atom is -0.352 e. The highest BCUT2D eigenvalue weighted by Crippen LogP contribution is 2.33. The van der Waals surface area contributed by atoms with Crippen molar-refractivity contribution < 1.29 is 9.59 Å². The first-order valence-electron chi connectivity index (χ1n) is 8.96. The standard InChI is InChI=1S/C21H22Cl2N2O2/c1-13-16-6-3-5-15(12-24-14(2)26)17(16)9-10-25(13)21(27)11-18-19(22)7-4-8-20(18)23/h3-8,13H,9-12H2,1-2H3,(H,24,26). The molecule has 6 heteroatoms. The number of carbonyl (C=O) groups excluding carboxylic acids is 2. The van der Waals surface area contributed by atoms with E-state index in [4.69, 9.17) is 23.2 Å². The summed E-state index contributed by atoms with van der Waals surface area (Å²) in [6.07, 6.45) is 0.946. The molecule has 27 heavy (non-hydrogen) atoms. The zero-order valence-electron chi connectivity index (χ0n) is 15.4. The second-order valence-electron chi connectivity index (χ2n) is 6.78. The molecule has 0 fully saturated rings. The van der Waals surface area contributed by atoms with Gasteiger partial charge < -0.3 is 10.2 Å². The van der Waals surface area contributed by atoms with E-state index in [-0.39, 0.29) is 24.3 Å². The maximum Gasteiger partial charge on any atom is 0.227 e. The van der Waals surface area contributed by atoms with Crippen LogP contribution in [-0.4, -0.2) is 23.3 Å². The van der Waals surface area contributed by atoms with Gasteiger partial charge in [-0.3, -0.25) is 9.59 Å². The number of benzene rings is 2. The van der Waals surface area contributed by atoms with Crippen LogP contribution in [0.3, 0.4) is 0 Å². The number of amides is 2. The lowest BCUT2D eigenvalue weighted by molar-refractivity contribution is -0.133. The monoisotopic (exact) mass is 404 g/mol. The molecule has 0 radical (unpaired) electrons. The summed E-state index contributed by atoms with van der Waals surface area (Å²) in [6.45, 7) is 4.69. The van der Waals surface area contributed by atoms with Crippen molar-refractivity contribution in [3.63, 3.8) is 0 Å². The predicted octanol–water partition coefficient (Wildman–Crippen LogP) is 4.32. The molecule has 0 aliphatic carbocycles. The molecule has 0 saturated heterocycles. The molecular formula is C21H22Cl2N2O2. The van der Waals surface area contributed by atoms with Gasteiger partial charge in [0.2, 0.25) is 11.8 Å². The fourth-order valence-corrected chi connectivity index (χ4v) is 4.16. The Morgan fingerprint density at radius 1 is 1.15 bits per heavy atom. The Labute approximate surface area is 169 Å². The Balaban J connectivity index is 1.80. The van der Waals surface area contributed by atoms with Gasteiger partial charge in [0.1, 0.15) is 0 Å². The molecule has 0 aromatic heterocycles. The van der Waals surface area contributed by atoms with Gasteiger partial charge in [0.25, 0.3) is 0 Å². The van der Waals surface area contributed by atoms with Crippen LogP contribution in [0.5, 0.6) is 0 Å². The number of rotatable bonds is 4. The molecule has 4 nitrogen and oxygen atoms in total. The van der Waals surface area contributed by atoms with Crippen LogP contribution >= 0.6 is 23.2 Å². The number of nitrogens with zero attached hydrogens (tertiary/aromatic N) is 1. The van der Waals surface area contributed by atoms with Crippen molar-refractivity contribution >= 4 is 35.0 Å². The zero-order chi connectivity index (χ0) is 19.6. The number of nitrogens with one attached hydrogen (secondary N) is 1. The van der Waals surface area contributed by atoms with E-state index < -0.39 is 0 Å². The summed E-state index contributed by atoms with van der Waals surface area (Å²) in [4.78, 5) is 26.1. The predicted molar refractivity (Wildman–Crippen MR) is 108 cm³/mol. The lowest BCUT2D eigenvalue weighted by Crippen LogP contribution is -2.40. The summed E-state index contributed by atoms with van der Waals surface area (Å²) in [5, 5.41) is 3.88. The van der Waals surface area contributed by atoms with Gasteiger partial charge in [0.05, 0.1) is 12.5 Å². The molecule has 1 aliphatic heterocycles. The van der Waals surface area contributed by atoms with E-state index in [0.29, 0.717) is 28.7 Å². The first-order valence-corrected chi connectivity index (χ1v) is 9.71. The first kappa shape index (κ1) is 19.7. The molecule has 1 unspecified atom stereocenters. The minimum atomic E-state index is -0.0510. The van der Waals surface area contributed by atoms with Crippen molar-refractivity contribution in [1.29, 1.82) is 0 Å². The number of carbonyl (C=O) groups is 2. The molecule has 1 aliphatic rings. The van der Waals surface area contributed by atoms with Crippen LogP contribution in [0.2, 0.25) is 10.0 Å². The third-order valence-electron chi connectivity index (χ3n) is 5.07. The fourth-order valence-electron chi connectivity index (χ4n) is 3.62. The van der Waals surface area contributed by atoms with Crippen LogP contribution in [0.25, 0.3) is 0 Å². The van der Waals surface area contributed by atoms with Gasteiger partial charge in [-0.15, -0.1) is 0 Å². The maximum absolute atomic E-state index is 12.9. The van der Waals surface area contributed by atoms with Crippen LogP contribution in [0, 0.1) is 0 Å². The summed E-state index contributed by atoms with van der Waals surface area (Å²) in [5.41, 5.74) is 4.13. The van der Waals surface area contributed by atoms with Crippen LogP contribution in [0.1, 0.15) is 42.1 Å². The summed E-state index contributed by atoms with van der Waals surface area (Å²) in [7, 11) is 0. The lowest BCUT2D eigenvalue weighted by Gasteiger charge is -2.36. The molecule has 2 amide bonds.